The fourth-order valence-electron chi connectivity index (χ4n) is 0.969. The van der Waals surface area contributed by atoms with Crippen molar-refractivity contribution in [2.24, 2.45) is 5.41 Å². The molecule has 5 heteroatoms. The molecule has 0 radical (unpaired) electrons. The van der Waals surface area contributed by atoms with Crippen LogP contribution in [0.3, 0.4) is 0 Å². The van der Waals surface area contributed by atoms with E-state index in [1.54, 1.807) is 26.8 Å². The van der Waals surface area contributed by atoms with Gasteiger partial charge >= 0.3 is 5.97 Å². The summed E-state index contributed by atoms with van der Waals surface area (Å²) in [7, 11) is -1.70. The van der Waals surface area contributed by atoms with Crippen LogP contribution >= 0.6 is 0 Å². The maximum atomic E-state index is 11.6. The van der Waals surface area contributed by atoms with Gasteiger partial charge in [-0.15, -0.1) is 0 Å². The molecule has 1 aromatic heterocycles. The van der Waals surface area contributed by atoms with E-state index >= 15 is 0 Å². The molecule has 0 fully saturated rings. The van der Waals surface area contributed by atoms with Gasteiger partial charge in [-0.1, -0.05) is 0 Å². The monoisotopic (exact) mass is 256 g/mol. The van der Waals surface area contributed by atoms with Crippen LogP contribution in [0.1, 0.15) is 20.8 Å². The number of furan rings is 1. The molecule has 0 saturated carbocycles. The van der Waals surface area contributed by atoms with Crippen LogP contribution in [-0.2, 0) is 4.79 Å². The molecule has 4 nitrogen and oxygen atoms in total. The Balaban J connectivity index is 2.67. The molecule has 0 aliphatic rings. The molecular weight excluding hydrogens is 236 g/mol. The number of carbonyl (C=O) groups excluding carboxylic acids is 1. The fraction of sp³-hybridized carbons (Fsp3) is 0.583. The van der Waals surface area contributed by atoms with Crippen molar-refractivity contribution in [1.82, 2.24) is 0 Å². The second kappa shape index (κ2) is 4.56. The van der Waals surface area contributed by atoms with Crippen LogP contribution in [0.5, 0.6) is 11.7 Å². The quantitative estimate of drug-likeness (QED) is 0.614. The molecule has 0 aliphatic carbocycles. The topological polar surface area (TPSA) is 48.7 Å². The molecule has 0 aromatic carbocycles. The van der Waals surface area contributed by atoms with E-state index in [-0.39, 0.29) is 5.97 Å². The van der Waals surface area contributed by atoms with Crippen LogP contribution in [0, 0.1) is 5.41 Å². The largest absolute Gasteiger partial charge is 0.519 e. The van der Waals surface area contributed by atoms with Crippen molar-refractivity contribution in [1.29, 1.82) is 0 Å². The van der Waals surface area contributed by atoms with E-state index in [2.05, 4.69) is 19.6 Å². The Morgan fingerprint density at radius 1 is 1.29 bits per heavy atom. The smallest absolute Gasteiger partial charge is 0.316 e. The number of ether oxygens (including phenoxy) is 1. The molecule has 0 amide bonds. The molecule has 17 heavy (non-hydrogen) atoms. The fourth-order valence-corrected chi connectivity index (χ4v) is 1.68. The molecule has 0 aliphatic heterocycles. The Bertz CT molecular complexity index is 395. The molecule has 0 atom stereocenters. The summed E-state index contributed by atoms with van der Waals surface area (Å²) in [5, 5.41) is 0. The van der Waals surface area contributed by atoms with E-state index in [1.807, 2.05) is 0 Å². The predicted octanol–water partition coefficient (Wildman–Crippen LogP) is 3.44. The van der Waals surface area contributed by atoms with E-state index in [1.165, 1.54) is 6.26 Å². The first kappa shape index (κ1) is 13.8. The number of rotatable bonds is 3. The van der Waals surface area contributed by atoms with Crippen molar-refractivity contribution in [3.05, 3.63) is 12.3 Å². The Morgan fingerprint density at radius 2 is 1.88 bits per heavy atom. The van der Waals surface area contributed by atoms with E-state index in [0.717, 1.165) is 0 Å². The second-order valence-electron chi connectivity index (χ2n) is 5.96. The van der Waals surface area contributed by atoms with Crippen LogP contribution in [0.4, 0.5) is 0 Å². The predicted molar refractivity (Wildman–Crippen MR) is 67.8 cm³/mol. The van der Waals surface area contributed by atoms with Crippen molar-refractivity contribution >= 4 is 14.3 Å². The Morgan fingerprint density at radius 3 is 2.35 bits per heavy atom. The number of hydrogen-bond donors (Lipinski definition) is 0. The highest BCUT2D eigenvalue weighted by Gasteiger charge is 2.25. The van der Waals surface area contributed by atoms with Gasteiger partial charge in [0, 0.05) is 0 Å². The highest BCUT2D eigenvalue weighted by Crippen LogP contribution is 2.27. The third-order valence-electron chi connectivity index (χ3n) is 1.78. The van der Waals surface area contributed by atoms with Gasteiger partial charge < -0.3 is 13.6 Å². The van der Waals surface area contributed by atoms with Crippen molar-refractivity contribution in [3.8, 4) is 11.7 Å². The van der Waals surface area contributed by atoms with Gasteiger partial charge in [0.15, 0.2) is 5.75 Å². The highest BCUT2D eigenvalue weighted by molar-refractivity contribution is 6.70. The van der Waals surface area contributed by atoms with Gasteiger partial charge in [0.25, 0.3) is 5.95 Å². The standard InChI is InChI=1S/C12H20O4Si/c1-12(2,3)11(13)15-9-7-10(14-8-9)16-17(4,5)6/h7-8H,1-6H3. The third-order valence-corrected chi connectivity index (χ3v) is 2.59. The van der Waals surface area contributed by atoms with E-state index in [0.29, 0.717) is 11.7 Å². The zero-order chi connectivity index (χ0) is 13.3. The van der Waals surface area contributed by atoms with Gasteiger partial charge in [0.05, 0.1) is 11.5 Å². The minimum atomic E-state index is -1.70. The molecule has 96 valence electrons. The summed E-state index contributed by atoms with van der Waals surface area (Å²) >= 11 is 0. The summed E-state index contributed by atoms with van der Waals surface area (Å²) in [4.78, 5) is 11.6. The maximum absolute atomic E-state index is 11.6. The SMILES string of the molecule is CC(C)(C)C(=O)Oc1coc(O[Si](C)(C)C)c1. The zero-order valence-corrected chi connectivity index (χ0v) is 12.3. The first-order chi connectivity index (χ1) is 7.58. The lowest BCUT2D eigenvalue weighted by Gasteiger charge is -2.16. The van der Waals surface area contributed by atoms with Crippen LogP contribution in [0.25, 0.3) is 0 Å². The number of esters is 1. The lowest BCUT2D eigenvalue weighted by atomic mass is 9.97. The van der Waals surface area contributed by atoms with Crippen molar-refractivity contribution in [2.45, 2.75) is 40.4 Å². The first-order valence-electron chi connectivity index (χ1n) is 5.58. The van der Waals surface area contributed by atoms with Crippen molar-refractivity contribution < 1.29 is 18.4 Å². The molecule has 0 saturated heterocycles. The number of carbonyl (C=O) groups is 1. The lowest BCUT2D eigenvalue weighted by molar-refractivity contribution is -0.143. The maximum Gasteiger partial charge on any atom is 0.316 e. The summed E-state index contributed by atoms with van der Waals surface area (Å²) in [6, 6.07) is 1.60. The average molecular weight is 256 g/mol. The summed E-state index contributed by atoms with van der Waals surface area (Å²) in [5.41, 5.74) is -0.531. The first-order valence-corrected chi connectivity index (χ1v) is 8.98. The average Bonchev–Trinajstić information content (AvgIpc) is 2.47. The Labute approximate surface area is 103 Å². The highest BCUT2D eigenvalue weighted by atomic mass is 28.4. The van der Waals surface area contributed by atoms with Gasteiger partial charge in [0.2, 0.25) is 8.32 Å². The van der Waals surface area contributed by atoms with Crippen LogP contribution in [-0.4, -0.2) is 14.3 Å². The molecule has 0 N–H and O–H groups in total. The third kappa shape index (κ3) is 4.64. The normalized spacial score (nSPS) is 12.4. The molecule has 0 spiro atoms. The number of hydrogen-bond acceptors (Lipinski definition) is 4. The summed E-state index contributed by atoms with van der Waals surface area (Å²) in [6.07, 6.45) is 1.39. The molecule has 1 rings (SSSR count). The molecular formula is C12H20O4Si. The van der Waals surface area contributed by atoms with Crippen LogP contribution in [0.15, 0.2) is 16.7 Å². The lowest BCUT2D eigenvalue weighted by Crippen LogP contribution is -2.29. The Kier molecular flexibility index (Phi) is 3.71. The molecule has 0 bridgehead atoms. The molecule has 1 aromatic rings. The molecule has 0 unspecified atom stereocenters. The van der Waals surface area contributed by atoms with Gasteiger partial charge in [-0.25, -0.2) is 0 Å². The summed E-state index contributed by atoms with van der Waals surface area (Å²) in [6.45, 7) is 11.6. The zero-order valence-electron chi connectivity index (χ0n) is 11.3. The minimum Gasteiger partial charge on any atom is -0.519 e. The Hall–Kier alpha value is -1.23. The van der Waals surface area contributed by atoms with Crippen molar-refractivity contribution in [3.63, 3.8) is 0 Å². The molecule has 1 heterocycles. The van der Waals surface area contributed by atoms with E-state index < -0.39 is 13.7 Å². The summed E-state index contributed by atoms with van der Waals surface area (Å²) < 4.78 is 16.0. The second-order valence-corrected chi connectivity index (χ2v) is 10.4. The van der Waals surface area contributed by atoms with E-state index in [4.69, 9.17) is 13.6 Å². The van der Waals surface area contributed by atoms with Gasteiger partial charge in [-0.3, -0.25) is 4.79 Å². The minimum absolute atomic E-state index is 0.294. The van der Waals surface area contributed by atoms with Crippen LogP contribution < -0.4 is 9.16 Å². The summed E-state index contributed by atoms with van der Waals surface area (Å²) in [5.74, 6) is 0.497. The van der Waals surface area contributed by atoms with Gasteiger partial charge in [0.1, 0.15) is 6.26 Å². The van der Waals surface area contributed by atoms with Crippen molar-refractivity contribution in [2.75, 3.05) is 0 Å². The van der Waals surface area contributed by atoms with Gasteiger partial charge in [-0.2, -0.15) is 0 Å². The van der Waals surface area contributed by atoms with Gasteiger partial charge in [-0.05, 0) is 40.4 Å². The van der Waals surface area contributed by atoms with E-state index in [9.17, 15) is 4.79 Å². The van der Waals surface area contributed by atoms with Crippen LogP contribution in [0.2, 0.25) is 19.6 Å².